The van der Waals surface area contributed by atoms with Gasteiger partial charge in [-0.2, -0.15) is 0 Å². The number of nitrogens with zero attached hydrogens (tertiary/aromatic N) is 1. The summed E-state index contributed by atoms with van der Waals surface area (Å²) in [6.07, 6.45) is 0. The number of hydrogen-bond donors (Lipinski definition) is 2. The summed E-state index contributed by atoms with van der Waals surface area (Å²) in [5, 5.41) is 5.42. The summed E-state index contributed by atoms with van der Waals surface area (Å²) in [4.78, 5) is 25.7. The average molecular weight is 396 g/mol. The highest BCUT2D eigenvalue weighted by molar-refractivity contribution is 6.31. The maximum atomic E-state index is 14.2. The number of benzene rings is 2. The molecule has 6 nitrogen and oxygen atoms in total. The van der Waals surface area contributed by atoms with Crippen LogP contribution in [-0.4, -0.2) is 37.4 Å². The molecule has 2 N–H and O–H groups in total. The van der Waals surface area contributed by atoms with Crippen molar-refractivity contribution in [3.8, 4) is 5.75 Å². The van der Waals surface area contributed by atoms with Gasteiger partial charge in [-0.3, -0.25) is 14.5 Å². The number of fused-ring (bicyclic) bond motifs is 1. The van der Waals surface area contributed by atoms with Crippen molar-refractivity contribution in [2.45, 2.75) is 6.04 Å². The molecule has 1 aliphatic heterocycles. The number of amides is 2. The fourth-order valence-electron chi connectivity index (χ4n) is 2.86. The van der Waals surface area contributed by atoms with Gasteiger partial charge in [-0.15, -0.1) is 0 Å². The van der Waals surface area contributed by atoms with E-state index >= 15 is 0 Å². The third-order valence-electron chi connectivity index (χ3n) is 3.97. The molecule has 1 heterocycles. The fourth-order valence-corrected chi connectivity index (χ4v) is 3.07. The van der Waals surface area contributed by atoms with Crippen LogP contribution in [0.3, 0.4) is 0 Å². The molecule has 0 spiro atoms. The topological polar surface area (TPSA) is 70.7 Å². The Balaban J connectivity index is 1.97. The fraction of sp³-hybridized carbons (Fsp3) is 0.222. The molecule has 2 aromatic carbocycles. The lowest BCUT2D eigenvalue weighted by Gasteiger charge is -2.26. The van der Waals surface area contributed by atoms with Gasteiger partial charge in [0.25, 0.3) is 5.91 Å². The van der Waals surface area contributed by atoms with E-state index < -0.39 is 23.6 Å². The molecule has 2 aromatic rings. The van der Waals surface area contributed by atoms with Gasteiger partial charge in [-0.25, -0.2) is 8.78 Å². The van der Waals surface area contributed by atoms with Gasteiger partial charge in [-0.1, -0.05) is 17.7 Å². The number of ether oxygens (including phenoxy) is 1. The molecule has 142 valence electrons. The highest BCUT2D eigenvalue weighted by Crippen LogP contribution is 2.39. The van der Waals surface area contributed by atoms with Crippen LogP contribution in [0.25, 0.3) is 0 Å². The van der Waals surface area contributed by atoms with Crippen LogP contribution in [0.4, 0.5) is 20.2 Å². The lowest BCUT2D eigenvalue weighted by Crippen LogP contribution is -2.34. The summed E-state index contributed by atoms with van der Waals surface area (Å²) in [5.74, 6) is -2.49. The Labute approximate surface area is 159 Å². The molecule has 0 fully saturated rings. The molecule has 1 aliphatic rings. The van der Waals surface area contributed by atoms with Crippen molar-refractivity contribution < 1.29 is 23.1 Å². The van der Waals surface area contributed by atoms with Gasteiger partial charge in [-0.05, 0) is 38.4 Å². The number of halogens is 3. The molecule has 2 amide bonds. The van der Waals surface area contributed by atoms with Gasteiger partial charge in [0.2, 0.25) is 5.91 Å². The molecule has 0 aliphatic carbocycles. The van der Waals surface area contributed by atoms with Crippen LogP contribution >= 0.6 is 11.6 Å². The van der Waals surface area contributed by atoms with E-state index in [1.807, 2.05) is 0 Å². The van der Waals surface area contributed by atoms with E-state index in [-0.39, 0.29) is 34.5 Å². The minimum absolute atomic E-state index is 0.186. The lowest BCUT2D eigenvalue weighted by molar-refractivity contribution is -0.120. The first-order valence-corrected chi connectivity index (χ1v) is 8.33. The molecule has 9 heteroatoms. The van der Waals surface area contributed by atoms with Gasteiger partial charge in [0.1, 0.15) is 17.7 Å². The standard InChI is InChI=1S/C18H16ClF2N3O3/c1-24(2)16(15-10(20)4-3-5-11(15)21)18(26)23-13-7-9(19)6-12-17(13)27-8-14(25)22-12/h3-7,16H,8H2,1-2H3,(H,22,25)(H,23,26). The molecule has 0 saturated heterocycles. The first kappa shape index (κ1) is 19.1. The zero-order chi connectivity index (χ0) is 19.7. The first-order valence-electron chi connectivity index (χ1n) is 7.95. The lowest BCUT2D eigenvalue weighted by atomic mass is 10.0. The van der Waals surface area contributed by atoms with Crippen LogP contribution in [-0.2, 0) is 9.59 Å². The second-order valence-corrected chi connectivity index (χ2v) is 6.59. The van der Waals surface area contributed by atoms with E-state index in [0.717, 1.165) is 12.1 Å². The summed E-state index contributed by atoms with van der Waals surface area (Å²) in [6.45, 7) is -0.226. The zero-order valence-electron chi connectivity index (χ0n) is 14.5. The molecule has 0 saturated carbocycles. The normalized spacial score (nSPS) is 14.2. The Morgan fingerprint density at radius 2 is 1.96 bits per heavy atom. The molecular weight excluding hydrogens is 380 g/mol. The van der Waals surface area contributed by atoms with Crippen molar-refractivity contribution in [1.29, 1.82) is 0 Å². The Kier molecular flexibility index (Phi) is 5.29. The van der Waals surface area contributed by atoms with Crippen LogP contribution < -0.4 is 15.4 Å². The Hall–Kier alpha value is -2.71. The average Bonchev–Trinajstić information content (AvgIpc) is 2.57. The maximum Gasteiger partial charge on any atom is 0.262 e. The minimum atomic E-state index is -1.24. The third-order valence-corrected chi connectivity index (χ3v) is 4.19. The van der Waals surface area contributed by atoms with Gasteiger partial charge in [0.15, 0.2) is 12.4 Å². The molecule has 1 unspecified atom stereocenters. The molecule has 0 bridgehead atoms. The molecule has 1 atom stereocenters. The highest BCUT2D eigenvalue weighted by Gasteiger charge is 2.30. The molecule has 3 rings (SSSR count). The van der Waals surface area contributed by atoms with Crippen molar-refractivity contribution >= 4 is 34.8 Å². The maximum absolute atomic E-state index is 14.2. The summed E-state index contributed by atoms with van der Waals surface area (Å²) < 4.78 is 33.8. The Morgan fingerprint density at radius 1 is 1.30 bits per heavy atom. The molecule has 0 aromatic heterocycles. The van der Waals surface area contributed by atoms with Crippen molar-refractivity contribution in [1.82, 2.24) is 4.90 Å². The van der Waals surface area contributed by atoms with Crippen LogP contribution in [0, 0.1) is 11.6 Å². The summed E-state index contributed by atoms with van der Waals surface area (Å²) in [5.41, 5.74) is 0.115. The van der Waals surface area contributed by atoms with Crippen molar-refractivity contribution in [2.24, 2.45) is 0 Å². The number of nitrogens with one attached hydrogen (secondary N) is 2. The minimum Gasteiger partial charge on any atom is -0.479 e. The summed E-state index contributed by atoms with van der Waals surface area (Å²) in [6, 6.07) is 5.07. The zero-order valence-corrected chi connectivity index (χ0v) is 15.2. The number of carbonyl (C=O) groups is 2. The smallest absolute Gasteiger partial charge is 0.262 e. The Morgan fingerprint density at radius 3 is 2.59 bits per heavy atom. The van der Waals surface area contributed by atoms with Crippen molar-refractivity contribution in [2.75, 3.05) is 31.3 Å². The second kappa shape index (κ2) is 7.50. The molecular formula is C18H16ClF2N3O3. The Bertz CT molecular complexity index is 901. The van der Waals surface area contributed by atoms with Gasteiger partial charge >= 0.3 is 0 Å². The predicted molar refractivity (Wildman–Crippen MR) is 97.0 cm³/mol. The summed E-state index contributed by atoms with van der Waals surface area (Å²) in [7, 11) is 3.06. The number of rotatable bonds is 4. The predicted octanol–water partition coefficient (Wildman–Crippen LogP) is 3.19. The SMILES string of the molecule is CN(C)C(C(=O)Nc1cc(Cl)cc2c1OCC(=O)N2)c1c(F)cccc1F. The van der Waals surface area contributed by atoms with E-state index in [9.17, 15) is 18.4 Å². The number of carbonyl (C=O) groups excluding carboxylic acids is 2. The van der Waals surface area contributed by atoms with E-state index in [4.69, 9.17) is 16.3 Å². The van der Waals surface area contributed by atoms with E-state index in [1.54, 1.807) is 0 Å². The van der Waals surface area contributed by atoms with Crippen molar-refractivity contribution in [3.63, 3.8) is 0 Å². The quantitative estimate of drug-likeness (QED) is 0.834. The van der Waals surface area contributed by atoms with E-state index in [1.165, 1.54) is 37.2 Å². The van der Waals surface area contributed by atoms with Crippen molar-refractivity contribution in [3.05, 3.63) is 52.6 Å². The van der Waals surface area contributed by atoms with Crippen LogP contribution in [0.15, 0.2) is 30.3 Å². The van der Waals surface area contributed by atoms with E-state index in [2.05, 4.69) is 10.6 Å². The summed E-state index contributed by atoms with van der Waals surface area (Å²) >= 11 is 6.03. The molecule has 27 heavy (non-hydrogen) atoms. The van der Waals surface area contributed by atoms with Gasteiger partial charge in [0, 0.05) is 5.02 Å². The van der Waals surface area contributed by atoms with Gasteiger partial charge in [0.05, 0.1) is 16.9 Å². The number of anilines is 2. The van der Waals surface area contributed by atoms with Crippen LogP contribution in [0.2, 0.25) is 5.02 Å². The third kappa shape index (κ3) is 3.86. The van der Waals surface area contributed by atoms with E-state index in [0.29, 0.717) is 5.69 Å². The highest BCUT2D eigenvalue weighted by atomic mass is 35.5. The first-order chi connectivity index (χ1) is 12.8. The van der Waals surface area contributed by atoms with Gasteiger partial charge < -0.3 is 15.4 Å². The largest absolute Gasteiger partial charge is 0.479 e. The number of hydrogen-bond acceptors (Lipinski definition) is 4. The van der Waals surface area contributed by atoms with Crippen LogP contribution in [0.5, 0.6) is 5.75 Å². The molecule has 0 radical (unpaired) electrons. The number of likely N-dealkylation sites (N-methyl/N-ethyl adjacent to an activating group) is 1. The van der Waals surface area contributed by atoms with Crippen LogP contribution in [0.1, 0.15) is 11.6 Å². The monoisotopic (exact) mass is 395 g/mol. The second-order valence-electron chi connectivity index (χ2n) is 6.16.